The highest BCUT2D eigenvalue weighted by molar-refractivity contribution is 6.36. The third-order valence-electron chi connectivity index (χ3n) is 4.68. The van der Waals surface area contributed by atoms with Crippen LogP contribution in [-0.4, -0.2) is 29.6 Å². The van der Waals surface area contributed by atoms with Gasteiger partial charge in [-0.1, -0.05) is 29.8 Å². The summed E-state index contributed by atoms with van der Waals surface area (Å²) in [4.78, 5) is 29.7. The number of benzene rings is 2. The van der Waals surface area contributed by atoms with Gasteiger partial charge in [0.2, 0.25) is 5.91 Å². The van der Waals surface area contributed by atoms with Gasteiger partial charge in [-0.3, -0.25) is 19.9 Å². The van der Waals surface area contributed by atoms with Gasteiger partial charge in [-0.15, -0.1) is 0 Å². The Morgan fingerprint density at radius 3 is 2.65 bits per heavy atom. The molecule has 2 aromatic carbocycles. The monoisotopic (exact) mass is 369 g/mol. The van der Waals surface area contributed by atoms with E-state index in [1.807, 2.05) is 18.2 Å². The molecule has 0 bridgehead atoms. The molecule has 1 amide bonds. The zero-order chi connectivity index (χ0) is 18.3. The number of carbonyl (C=O) groups is 1. The number of non-ortho nitro benzene ring substituents is 1. The Morgan fingerprint density at radius 1 is 1.19 bits per heavy atom. The molecule has 4 rings (SSSR count). The maximum Gasteiger partial charge on any atom is 0.270 e. The van der Waals surface area contributed by atoms with E-state index in [4.69, 9.17) is 11.6 Å². The van der Waals surface area contributed by atoms with Crippen molar-refractivity contribution in [1.82, 2.24) is 0 Å². The first-order valence-electron chi connectivity index (χ1n) is 8.43. The van der Waals surface area contributed by atoms with Crippen molar-refractivity contribution in [2.24, 2.45) is 10.9 Å². The van der Waals surface area contributed by atoms with Crippen LogP contribution in [0.3, 0.4) is 0 Å². The summed E-state index contributed by atoms with van der Waals surface area (Å²) in [5.74, 6) is 0.387. The van der Waals surface area contributed by atoms with Crippen LogP contribution in [0.2, 0.25) is 5.02 Å². The molecule has 0 unspecified atom stereocenters. The van der Waals surface area contributed by atoms with Crippen LogP contribution < -0.4 is 4.90 Å². The molecule has 2 aromatic rings. The summed E-state index contributed by atoms with van der Waals surface area (Å²) in [7, 11) is 0. The van der Waals surface area contributed by atoms with Crippen molar-refractivity contribution in [2.75, 3.05) is 18.0 Å². The number of nitro benzene ring substituents is 1. The molecule has 1 heterocycles. The molecule has 0 N–H and O–H groups in total. The molecular weight excluding hydrogens is 354 g/mol. The molecule has 1 fully saturated rings. The van der Waals surface area contributed by atoms with E-state index in [-0.39, 0.29) is 18.1 Å². The van der Waals surface area contributed by atoms with Crippen molar-refractivity contribution in [3.05, 3.63) is 68.7 Å². The number of hydrogen-bond donors (Lipinski definition) is 0. The van der Waals surface area contributed by atoms with Gasteiger partial charge in [-0.2, -0.15) is 0 Å². The SMILES string of the molecule is O=C1CN=C(c2ccccc2Cl)c2cc([N+](=O)[O-])ccc2N1CC1CC1. The lowest BCUT2D eigenvalue weighted by molar-refractivity contribution is -0.384. The van der Waals surface area contributed by atoms with E-state index in [1.54, 1.807) is 17.0 Å². The van der Waals surface area contributed by atoms with Gasteiger partial charge in [0.05, 0.1) is 16.3 Å². The van der Waals surface area contributed by atoms with Gasteiger partial charge in [0, 0.05) is 34.8 Å². The highest BCUT2D eigenvalue weighted by atomic mass is 35.5. The van der Waals surface area contributed by atoms with Crippen molar-refractivity contribution >= 4 is 34.6 Å². The second-order valence-electron chi connectivity index (χ2n) is 6.55. The third kappa shape index (κ3) is 3.08. The summed E-state index contributed by atoms with van der Waals surface area (Å²) < 4.78 is 0. The molecule has 132 valence electrons. The van der Waals surface area contributed by atoms with Crippen LogP contribution in [0.1, 0.15) is 24.0 Å². The smallest absolute Gasteiger partial charge is 0.270 e. The van der Waals surface area contributed by atoms with Crippen molar-refractivity contribution < 1.29 is 9.72 Å². The number of halogens is 1. The molecule has 0 radical (unpaired) electrons. The van der Waals surface area contributed by atoms with Crippen LogP contribution >= 0.6 is 11.6 Å². The van der Waals surface area contributed by atoms with E-state index in [2.05, 4.69) is 4.99 Å². The topological polar surface area (TPSA) is 75.8 Å². The van der Waals surface area contributed by atoms with Gasteiger partial charge in [-0.25, -0.2) is 0 Å². The number of anilines is 1. The van der Waals surface area contributed by atoms with E-state index in [0.717, 1.165) is 12.8 Å². The fraction of sp³-hybridized carbons (Fsp3) is 0.263. The third-order valence-corrected chi connectivity index (χ3v) is 5.01. The number of nitro groups is 1. The molecule has 26 heavy (non-hydrogen) atoms. The normalized spacial score (nSPS) is 16.7. The predicted molar refractivity (Wildman–Crippen MR) is 100 cm³/mol. The summed E-state index contributed by atoms with van der Waals surface area (Å²) in [6.07, 6.45) is 2.20. The van der Waals surface area contributed by atoms with Crippen LogP contribution in [0.5, 0.6) is 0 Å². The van der Waals surface area contributed by atoms with E-state index in [1.165, 1.54) is 12.1 Å². The zero-order valence-electron chi connectivity index (χ0n) is 13.9. The number of amides is 1. The van der Waals surface area contributed by atoms with Crippen molar-refractivity contribution in [1.29, 1.82) is 0 Å². The molecule has 6 nitrogen and oxygen atoms in total. The van der Waals surface area contributed by atoms with Crippen molar-refractivity contribution in [3.63, 3.8) is 0 Å². The second kappa shape index (κ2) is 6.53. The number of carbonyl (C=O) groups excluding carboxylic acids is 1. The van der Waals surface area contributed by atoms with Crippen LogP contribution in [0.25, 0.3) is 0 Å². The minimum atomic E-state index is -0.442. The molecule has 0 atom stereocenters. The number of nitrogens with zero attached hydrogens (tertiary/aromatic N) is 3. The lowest BCUT2D eigenvalue weighted by atomic mass is 9.99. The molecule has 1 aliphatic carbocycles. The molecule has 2 aliphatic rings. The number of hydrogen-bond acceptors (Lipinski definition) is 4. The summed E-state index contributed by atoms with van der Waals surface area (Å²) in [5, 5.41) is 11.8. The first-order chi connectivity index (χ1) is 12.5. The summed E-state index contributed by atoms with van der Waals surface area (Å²) >= 11 is 6.33. The lowest BCUT2D eigenvalue weighted by Crippen LogP contribution is -2.34. The molecule has 0 saturated heterocycles. The van der Waals surface area contributed by atoms with Gasteiger partial charge in [0.25, 0.3) is 5.69 Å². The fourth-order valence-electron chi connectivity index (χ4n) is 3.16. The number of fused-ring (bicyclic) bond motifs is 1. The Kier molecular flexibility index (Phi) is 4.20. The summed E-state index contributed by atoms with van der Waals surface area (Å²) in [6.45, 7) is 0.616. The Balaban J connectivity index is 1.90. The van der Waals surface area contributed by atoms with E-state index >= 15 is 0 Å². The van der Waals surface area contributed by atoms with Gasteiger partial charge >= 0.3 is 0 Å². The van der Waals surface area contributed by atoms with E-state index < -0.39 is 4.92 Å². The molecule has 0 aromatic heterocycles. The first-order valence-corrected chi connectivity index (χ1v) is 8.81. The molecule has 0 spiro atoms. The van der Waals surface area contributed by atoms with Gasteiger partial charge in [0.1, 0.15) is 6.54 Å². The average Bonchev–Trinajstić information content (AvgIpc) is 3.45. The van der Waals surface area contributed by atoms with E-state index in [9.17, 15) is 14.9 Å². The minimum absolute atomic E-state index is 0.00421. The van der Waals surface area contributed by atoms with Crippen molar-refractivity contribution in [2.45, 2.75) is 12.8 Å². The quantitative estimate of drug-likeness (QED) is 0.606. The molecule has 7 heteroatoms. The van der Waals surface area contributed by atoms with Crippen LogP contribution in [0, 0.1) is 16.0 Å². The number of aliphatic imine (C=N–C) groups is 1. The summed E-state index contributed by atoms with van der Waals surface area (Å²) in [5.41, 5.74) is 2.37. The minimum Gasteiger partial charge on any atom is -0.310 e. The van der Waals surface area contributed by atoms with Crippen LogP contribution in [0.15, 0.2) is 47.5 Å². The van der Waals surface area contributed by atoms with E-state index in [0.29, 0.717) is 40.0 Å². The molecular formula is C19H16ClN3O3. The first kappa shape index (κ1) is 16.7. The van der Waals surface area contributed by atoms with Gasteiger partial charge in [0.15, 0.2) is 0 Å². The van der Waals surface area contributed by atoms with Crippen molar-refractivity contribution in [3.8, 4) is 0 Å². The number of rotatable bonds is 4. The highest BCUT2D eigenvalue weighted by Gasteiger charge is 2.32. The Hall–Kier alpha value is -2.73. The Bertz CT molecular complexity index is 937. The average molecular weight is 370 g/mol. The second-order valence-corrected chi connectivity index (χ2v) is 6.96. The molecule has 1 saturated carbocycles. The van der Waals surface area contributed by atoms with Gasteiger partial charge in [-0.05, 0) is 30.9 Å². The predicted octanol–water partition coefficient (Wildman–Crippen LogP) is 3.84. The maximum absolute atomic E-state index is 12.7. The maximum atomic E-state index is 12.7. The largest absolute Gasteiger partial charge is 0.310 e. The lowest BCUT2D eigenvalue weighted by Gasteiger charge is -2.23. The van der Waals surface area contributed by atoms with Crippen LogP contribution in [-0.2, 0) is 4.79 Å². The van der Waals surface area contributed by atoms with Gasteiger partial charge < -0.3 is 4.90 Å². The fourth-order valence-corrected chi connectivity index (χ4v) is 3.38. The standard InChI is InChI=1S/C19H16ClN3O3/c20-16-4-2-1-3-14(16)19-15-9-13(23(25)26)7-8-17(15)22(11-12-5-6-12)18(24)10-21-19/h1-4,7-9,12H,5-6,10-11H2. The Morgan fingerprint density at radius 2 is 1.96 bits per heavy atom. The Labute approximate surface area is 155 Å². The molecule has 1 aliphatic heterocycles. The summed E-state index contributed by atoms with van der Waals surface area (Å²) in [6, 6.07) is 11.7. The number of benzodiazepines with no additional fused rings is 1. The zero-order valence-corrected chi connectivity index (χ0v) is 14.6. The van der Waals surface area contributed by atoms with Crippen LogP contribution in [0.4, 0.5) is 11.4 Å². The highest BCUT2D eigenvalue weighted by Crippen LogP contribution is 2.36.